The van der Waals surface area contributed by atoms with Crippen LogP contribution in [0.25, 0.3) is 0 Å². The number of phenols is 1. The van der Waals surface area contributed by atoms with Crippen molar-refractivity contribution in [3.8, 4) is 5.75 Å². The second-order valence-electron chi connectivity index (χ2n) is 4.76. The number of nitro benzene ring substituents is 1. The lowest BCUT2D eigenvalue weighted by Crippen LogP contribution is -2.41. The van der Waals surface area contributed by atoms with E-state index >= 15 is 0 Å². The molecule has 0 radical (unpaired) electrons. The summed E-state index contributed by atoms with van der Waals surface area (Å²) >= 11 is 0. The van der Waals surface area contributed by atoms with E-state index in [4.69, 9.17) is 4.74 Å². The fraction of sp³-hybridized carbons (Fsp3) is 0.462. The van der Waals surface area contributed by atoms with Crippen LogP contribution in [0.4, 0.5) is 11.4 Å². The van der Waals surface area contributed by atoms with Gasteiger partial charge in [0.1, 0.15) is 5.75 Å². The maximum atomic E-state index is 12.2. The van der Waals surface area contributed by atoms with E-state index in [1.54, 1.807) is 0 Å². The van der Waals surface area contributed by atoms with Crippen molar-refractivity contribution in [2.24, 2.45) is 5.92 Å². The number of amides is 1. The first-order valence-electron chi connectivity index (χ1n) is 6.62. The van der Waals surface area contributed by atoms with Crippen LogP contribution in [-0.2, 0) is 9.53 Å². The van der Waals surface area contributed by atoms with Crippen LogP contribution in [0.1, 0.15) is 6.92 Å². The summed E-state index contributed by atoms with van der Waals surface area (Å²) in [6.07, 6.45) is 0. The Labute approximate surface area is 121 Å². The van der Waals surface area contributed by atoms with Crippen LogP contribution in [0.5, 0.6) is 5.75 Å². The van der Waals surface area contributed by atoms with Gasteiger partial charge in [0.2, 0.25) is 5.91 Å². The third kappa shape index (κ3) is 3.47. The van der Waals surface area contributed by atoms with Crippen LogP contribution in [0.3, 0.4) is 0 Å². The van der Waals surface area contributed by atoms with Crippen molar-refractivity contribution in [2.75, 3.05) is 25.1 Å². The number of ether oxygens (including phenoxy) is 1. The zero-order valence-electron chi connectivity index (χ0n) is 11.5. The Kier molecular flexibility index (Phi) is 4.71. The third-order valence-electron chi connectivity index (χ3n) is 3.33. The molecule has 1 aromatic carbocycles. The van der Waals surface area contributed by atoms with E-state index in [0.29, 0.717) is 13.2 Å². The number of rotatable bonds is 5. The van der Waals surface area contributed by atoms with Crippen molar-refractivity contribution in [3.63, 3.8) is 0 Å². The molecule has 21 heavy (non-hydrogen) atoms. The molecule has 3 N–H and O–H groups in total. The molecule has 0 saturated carbocycles. The van der Waals surface area contributed by atoms with E-state index in [9.17, 15) is 20.0 Å². The van der Waals surface area contributed by atoms with Crippen LogP contribution in [-0.4, -0.2) is 41.7 Å². The van der Waals surface area contributed by atoms with Crippen molar-refractivity contribution in [2.45, 2.75) is 13.0 Å². The number of non-ortho nitro benzene ring substituents is 1. The predicted octanol–water partition coefficient (Wildman–Crippen LogP) is 0.863. The molecule has 0 aromatic heterocycles. The summed E-state index contributed by atoms with van der Waals surface area (Å²) in [5.41, 5.74) is -0.176. The summed E-state index contributed by atoms with van der Waals surface area (Å²) in [6, 6.07) is 3.38. The smallest absolute Gasteiger partial charge is 0.271 e. The highest BCUT2D eigenvalue weighted by molar-refractivity contribution is 5.95. The van der Waals surface area contributed by atoms with Gasteiger partial charge in [0.05, 0.1) is 29.7 Å². The van der Waals surface area contributed by atoms with E-state index in [1.165, 1.54) is 12.1 Å². The maximum Gasteiger partial charge on any atom is 0.271 e. The number of hydrogen-bond donors (Lipinski definition) is 3. The standard InChI is InChI=1S/C13H17N3O5/c1-2-14-11-7-21-6-9(11)13(18)15-10-5-8(16(19)20)3-4-12(10)17/h3-5,9,11,14,17H,2,6-7H2,1H3,(H,15,18). The largest absolute Gasteiger partial charge is 0.506 e. The molecule has 1 aromatic rings. The molecular formula is C13H17N3O5. The Morgan fingerprint density at radius 1 is 1.52 bits per heavy atom. The topological polar surface area (TPSA) is 114 Å². The number of nitrogens with zero attached hydrogens (tertiary/aromatic N) is 1. The molecule has 114 valence electrons. The second-order valence-corrected chi connectivity index (χ2v) is 4.76. The fourth-order valence-corrected chi connectivity index (χ4v) is 2.24. The number of phenolic OH excluding ortho intramolecular Hbond substituents is 1. The van der Waals surface area contributed by atoms with Crippen LogP contribution in [0.2, 0.25) is 0 Å². The lowest BCUT2D eigenvalue weighted by atomic mass is 10.0. The Hall–Kier alpha value is -2.19. The lowest BCUT2D eigenvalue weighted by molar-refractivity contribution is -0.384. The molecule has 1 aliphatic rings. The molecule has 1 aliphatic heterocycles. The number of hydrogen-bond acceptors (Lipinski definition) is 6. The summed E-state index contributed by atoms with van der Waals surface area (Å²) in [5.74, 6) is -0.953. The Balaban J connectivity index is 2.12. The first-order valence-corrected chi connectivity index (χ1v) is 6.62. The van der Waals surface area contributed by atoms with Crippen LogP contribution in [0.15, 0.2) is 18.2 Å². The van der Waals surface area contributed by atoms with Gasteiger partial charge in [-0.2, -0.15) is 0 Å². The predicted molar refractivity (Wildman–Crippen MR) is 75.2 cm³/mol. The SMILES string of the molecule is CCNC1COCC1C(=O)Nc1cc([N+](=O)[O-])ccc1O. The van der Waals surface area contributed by atoms with E-state index in [0.717, 1.165) is 6.07 Å². The van der Waals surface area contributed by atoms with Crippen molar-refractivity contribution < 1.29 is 19.6 Å². The summed E-state index contributed by atoms with van der Waals surface area (Å²) in [6.45, 7) is 3.35. The van der Waals surface area contributed by atoms with E-state index < -0.39 is 10.8 Å². The van der Waals surface area contributed by atoms with Gasteiger partial charge in [0, 0.05) is 18.2 Å². The molecule has 2 rings (SSSR count). The molecule has 1 fully saturated rings. The number of carbonyl (C=O) groups excluding carboxylic acids is 1. The Morgan fingerprint density at radius 2 is 2.29 bits per heavy atom. The van der Waals surface area contributed by atoms with Gasteiger partial charge in [-0.15, -0.1) is 0 Å². The average molecular weight is 295 g/mol. The molecule has 0 aliphatic carbocycles. The molecule has 1 heterocycles. The van der Waals surface area contributed by atoms with Crippen molar-refractivity contribution in [3.05, 3.63) is 28.3 Å². The molecule has 8 heteroatoms. The number of nitrogens with one attached hydrogen (secondary N) is 2. The zero-order chi connectivity index (χ0) is 15.4. The number of benzene rings is 1. The van der Waals surface area contributed by atoms with Gasteiger partial charge in [-0.1, -0.05) is 6.92 Å². The number of nitro groups is 1. The zero-order valence-corrected chi connectivity index (χ0v) is 11.5. The quantitative estimate of drug-likeness (QED) is 0.422. The summed E-state index contributed by atoms with van der Waals surface area (Å²) < 4.78 is 5.28. The van der Waals surface area contributed by atoms with Crippen LogP contribution in [0, 0.1) is 16.0 Å². The molecule has 0 bridgehead atoms. The Morgan fingerprint density at radius 3 is 2.95 bits per heavy atom. The van der Waals surface area contributed by atoms with Gasteiger partial charge < -0.3 is 20.5 Å². The fourth-order valence-electron chi connectivity index (χ4n) is 2.24. The molecular weight excluding hydrogens is 278 g/mol. The number of carbonyl (C=O) groups is 1. The summed E-state index contributed by atoms with van der Waals surface area (Å²) in [7, 11) is 0. The summed E-state index contributed by atoms with van der Waals surface area (Å²) in [5, 5.41) is 26.1. The minimum Gasteiger partial charge on any atom is -0.506 e. The van der Waals surface area contributed by atoms with Crippen LogP contribution < -0.4 is 10.6 Å². The van der Waals surface area contributed by atoms with Crippen molar-refractivity contribution in [1.29, 1.82) is 0 Å². The van der Waals surface area contributed by atoms with Gasteiger partial charge in [-0.3, -0.25) is 14.9 Å². The van der Waals surface area contributed by atoms with E-state index in [-0.39, 0.29) is 35.7 Å². The average Bonchev–Trinajstić information content (AvgIpc) is 2.89. The number of likely N-dealkylation sites (N-methyl/N-ethyl adjacent to an activating group) is 1. The molecule has 8 nitrogen and oxygen atoms in total. The van der Waals surface area contributed by atoms with Crippen LogP contribution >= 0.6 is 0 Å². The van der Waals surface area contributed by atoms with E-state index in [1.807, 2.05) is 6.92 Å². The van der Waals surface area contributed by atoms with Crippen molar-refractivity contribution in [1.82, 2.24) is 5.32 Å². The second kappa shape index (κ2) is 6.51. The molecule has 0 spiro atoms. The minimum absolute atomic E-state index is 0.0244. The van der Waals surface area contributed by atoms with Gasteiger partial charge in [-0.25, -0.2) is 0 Å². The Bertz CT molecular complexity index is 549. The lowest BCUT2D eigenvalue weighted by Gasteiger charge is -2.18. The molecule has 1 saturated heterocycles. The van der Waals surface area contributed by atoms with E-state index in [2.05, 4.69) is 10.6 Å². The van der Waals surface area contributed by atoms with Crippen molar-refractivity contribution >= 4 is 17.3 Å². The summed E-state index contributed by atoms with van der Waals surface area (Å²) in [4.78, 5) is 22.4. The maximum absolute atomic E-state index is 12.2. The molecule has 1 amide bonds. The highest BCUT2D eigenvalue weighted by atomic mass is 16.6. The third-order valence-corrected chi connectivity index (χ3v) is 3.33. The van der Waals surface area contributed by atoms with Gasteiger partial charge >= 0.3 is 0 Å². The number of aromatic hydroxyl groups is 1. The highest BCUT2D eigenvalue weighted by Crippen LogP contribution is 2.28. The molecule has 2 atom stereocenters. The highest BCUT2D eigenvalue weighted by Gasteiger charge is 2.33. The minimum atomic E-state index is -0.588. The van der Waals surface area contributed by atoms with Gasteiger partial charge in [-0.05, 0) is 12.6 Å². The normalized spacial score (nSPS) is 21.2. The van der Waals surface area contributed by atoms with Gasteiger partial charge in [0.25, 0.3) is 5.69 Å². The monoisotopic (exact) mass is 295 g/mol. The first-order chi connectivity index (χ1) is 10.0. The van der Waals surface area contributed by atoms with Gasteiger partial charge in [0.15, 0.2) is 0 Å². The molecule has 2 unspecified atom stereocenters. The number of anilines is 1. The first kappa shape index (κ1) is 15.2.